The third-order valence-corrected chi connectivity index (χ3v) is 2.14. The molecule has 3 nitrogen and oxygen atoms in total. The van der Waals surface area contributed by atoms with E-state index in [9.17, 15) is 0 Å². The van der Waals surface area contributed by atoms with E-state index < -0.39 is 0 Å². The predicted octanol–water partition coefficient (Wildman–Crippen LogP) is 1.34. The lowest BCUT2D eigenvalue weighted by Crippen LogP contribution is -2.37. The summed E-state index contributed by atoms with van der Waals surface area (Å²) in [6, 6.07) is 0.574. The average Bonchev–Trinajstić information content (AvgIpc) is 2.01. The van der Waals surface area contributed by atoms with E-state index in [4.69, 9.17) is 4.74 Å². The Balaban J connectivity index is 3.30. The lowest BCUT2D eigenvalue weighted by Gasteiger charge is -2.22. The summed E-state index contributed by atoms with van der Waals surface area (Å²) in [6.07, 6.45) is 0. The highest BCUT2D eigenvalue weighted by Crippen LogP contribution is 2.04. The molecule has 3 heteroatoms. The Labute approximate surface area is 88.8 Å². The molecule has 0 saturated heterocycles. The van der Waals surface area contributed by atoms with Gasteiger partial charge in [-0.1, -0.05) is 0 Å². The van der Waals surface area contributed by atoms with Gasteiger partial charge in [0.25, 0.3) is 0 Å². The van der Waals surface area contributed by atoms with Crippen LogP contribution in [0.1, 0.15) is 27.7 Å². The van der Waals surface area contributed by atoms with Crippen molar-refractivity contribution in [2.45, 2.75) is 39.3 Å². The lowest BCUT2D eigenvalue weighted by atomic mass is 10.2. The minimum absolute atomic E-state index is 0.0190. The van der Waals surface area contributed by atoms with Crippen molar-refractivity contribution in [1.29, 1.82) is 0 Å². The van der Waals surface area contributed by atoms with Crippen molar-refractivity contribution in [1.82, 2.24) is 10.2 Å². The fraction of sp³-hybridized carbons (Fsp3) is 1.00. The van der Waals surface area contributed by atoms with Crippen LogP contribution in [0.15, 0.2) is 0 Å². The van der Waals surface area contributed by atoms with Crippen LogP contribution in [0.25, 0.3) is 0 Å². The summed E-state index contributed by atoms with van der Waals surface area (Å²) in [4.78, 5) is 2.21. The zero-order valence-electron chi connectivity index (χ0n) is 10.6. The molecule has 1 unspecified atom stereocenters. The first kappa shape index (κ1) is 13.9. The van der Waals surface area contributed by atoms with Crippen molar-refractivity contribution in [3.63, 3.8) is 0 Å². The highest BCUT2D eigenvalue weighted by molar-refractivity contribution is 4.63. The number of nitrogens with zero attached hydrogens (tertiary/aromatic N) is 1. The number of likely N-dealkylation sites (N-methyl/N-ethyl adjacent to an activating group) is 1. The fourth-order valence-electron chi connectivity index (χ4n) is 0.923. The van der Waals surface area contributed by atoms with Gasteiger partial charge in [0.05, 0.1) is 12.2 Å². The van der Waals surface area contributed by atoms with Crippen LogP contribution in [-0.4, -0.2) is 50.3 Å². The molecule has 0 aliphatic carbocycles. The Morgan fingerprint density at radius 1 is 1.29 bits per heavy atom. The molecular weight excluding hydrogens is 176 g/mol. The molecule has 0 aromatic rings. The lowest BCUT2D eigenvalue weighted by molar-refractivity contribution is -0.00106. The van der Waals surface area contributed by atoms with Crippen LogP contribution in [0.3, 0.4) is 0 Å². The molecule has 1 N–H and O–H groups in total. The zero-order valence-corrected chi connectivity index (χ0v) is 10.6. The fourth-order valence-corrected chi connectivity index (χ4v) is 0.923. The van der Waals surface area contributed by atoms with Gasteiger partial charge < -0.3 is 15.0 Å². The van der Waals surface area contributed by atoms with Crippen LogP contribution in [0.4, 0.5) is 0 Å². The van der Waals surface area contributed by atoms with Gasteiger partial charge in [-0.05, 0) is 41.8 Å². The van der Waals surface area contributed by atoms with E-state index in [1.165, 1.54) is 0 Å². The van der Waals surface area contributed by atoms with E-state index in [1.54, 1.807) is 0 Å². The first-order valence-electron chi connectivity index (χ1n) is 5.34. The molecule has 0 saturated carbocycles. The number of ether oxygens (including phenoxy) is 1. The summed E-state index contributed by atoms with van der Waals surface area (Å²) in [5.74, 6) is 0. The van der Waals surface area contributed by atoms with Crippen molar-refractivity contribution in [2.75, 3.05) is 33.8 Å². The molecule has 0 aliphatic rings. The summed E-state index contributed by atoms with van der Waals surface area (Å²) >= 11 is 0. The molecular formula is C11H26N2O. The molecule has 0 aromatic heterocycles. The van der Waals surface area contributed by atoms with Crippen LogP contribution in [0.5, 0.6) is 0 Å². The van der Waals surface area contributed by atoms with Crippen LogP contribution < -0.4 is 5.32 Å². The van der Waals surface area contributed by atoms with Crippen molar-refractivity contribution in [3.05, 3.63) is 0 Å². The number of hydrogen-bond acceptors (Lipinski definition) is 3. The molecule has 0 heterocycles. The number of nitrogens with one attached hydrogen (secondary N) is 1. The molecule has 0 aliphatic heterocycles. The molecule has 1 atom stereocenters. The first-order valence-corrected chi connectivity index (χ1v) is 5.34. The van der Waals surface area contributed by atoms with Gasteiger partial charge in [-0.3, -0.25) is 0 Å². The topological polar surface area (TPSA) is 24.5 Å². The Bertz CT molecular complexity index is 141. The molecule has 0 amide bonds. The maximum atomic E-state index is 5.60. The van der Waals surface area contributed by atoms with E-state index in [-0.39, 0.29) is 5.60 Å². The van der Waals surface area contributed by atoms with E-state index in [2.05, 4.69) is 52.0 Å². The molecule has 0 aromatic carbocycles. The van der Waals surface area contributed by atoms with E-state index >= 15 is 0 Å². The van der Waals surface area contributed by atoms with Gasteiger partial charge in [0.15, 0.2) is 0 Å². The summed E-state index contributed by atoms with van der Waals surface area (Å²) < 4.78 is 5.60. The van der Waals surface area contributed by atoms with Gasteiger partial charge in [0.2, 0.25) is 0 Å². The molecule has 0 bridgehead atoms. The highest BCUT2D eigenvalue weighted by Gasteiger charge is 2.09. The summed E-state index contributed by atoms with van der Waals surface area (Å²) in [5.41, 5.74) is -0.0190. The maximum Gasteiger partial charge on any atom is 0.0599 e. The Morgan fingerprint density at radius 2 is 1.86 bits per heavy atom. The maximum absolute atomic E-state index is 5.60. The summed E-state index contributed by atoms with van der Waals surface area (Å²) in [6.45, 7) is 11.2. The van der Waals surface area contributed by atoms with Gasteiger partial charge >= 0.3 is 0 Å². The van der Waals surface area contributed by atoms with E-state index in [0.29, 0.717) is 6.04 Å². The van der Waals surface area contributed by atoms with E-state index in [0.717, 1.165) is 19.7 Å². The predicted molar refractivity (Wildman–Crippen MR) is 61.7 cm³/mol. The Kier molecular flexibility index (Phi) is 6.33. The van der Waals surface area contributed by atoms with Gasteiger partial charge in [-0.15, -0.1) is 0 Å². The second kappa shape index (κ2) is 6.38. The minimum atomic E-state index is -0.0190. The zero-order chi connectivity index (χ0) is 11.2. The summed E-state index contributed by atoms with van der Waals surface area (Å²) in [5, 5.41) is 3.37. The van der Waals surface area contributed by atoms with Crippen LogP contribution in [0.2, 0.25) is 0 Å². The van der Waals surface area contributed by atoms with Gasteiger partial charge in [0, 0.05) is 19.1 Å². The molecule has 14 heavy (non-hydrogen) atoms. The first-order chi connectivity index (χ1) is 6.33. The van der Waals surface area contributed by atoms with Crippen LogP contribution in [-0.2, 0) is 4.74 Å². The van der Waals surface area contributed by atoms with Crippen molar-refractivity contribution in [2.24, 2.45) is 0 Å². The SMILES string of the molecule is CC(CNCCOC(C)(C)C)N(C)C. The van der Waals surface area contributed by atoms with Crippen molar-refractivity contribution in [3.8, 4) is 0 Å². The highest BCUT2D eigenvalue weighted by atomic mass is 16.5. The van der Waals surface area contributed by atoms with Crippen LogP contribution in [0, 0.1) is 0 Å². The number of hydrogen-bond donors (Lipinski definition) is 1. The molecule has 0 radical (unpaired) electrons. The van der Waals surface area contributed by atoms with Gasteiger partial charge in [-0.25, -0.2) is 0 Å². The van der Waals surface area contributed by atoms with E-state index in [1.807, 2.05) is 0 Å². The molecule has 0 spiro atoms. The largest absolute Gasteiger partial charge is 0.375 e. The Hall–Kier alpha value is -0.120. The second-order valence-corrected chi connectivity index (χ2v) is 4.98. The molecule has 86 valence electrons. The molecule has 0 fully saturated rings. The van der Waals surface area contributed by atoms with Crippen molar-refractivity contribution < 1.29 is 4.74 Å². The second-order valence-electron chi connectivity index (χ2n) is 4.98. The standard InChI is InChI=1S/C11H26N2O/c1-10(13(5)6)9-12-7-8-14-11(2,3)4/h10,12H,7-9H2,1-6H3. The smallest absolute Gasteiger partial charge is 0.0599 e. The average molecular weight is 202 g/mol. The third-order valence-electron chi connectivity index (χ3n) is 2.14. The molecule has 0 rings (SSSR count). The van der Waals surface area contributed by atoms with Crippen LogP contribution >= 0.6 is 0 Å². The van der Waals surface area contributed by atoms with Gasteiger partial charge in [0.1, 0.15) is 0 Å². The minimum Gasteiger partial charge on any atom is -0.375 e. The third kappa shape index (κ3) is 8.48. The van der Waals surface area contributed by atoms with Crippen molar-refractivity contribution >= 4 is 0 Å². The number of rotatable bonds is 6. The Morgan fingerprint density at radius 3 is 2.29 bits per heavy atom. The quantitative estimate of drug-likeness (QED) is 0.658. The van der Waals surface area contributed by atoms with Gasteiger partial charge in [-0.2, -0.15) is 0 Å². The normalized spacial score (nSPS) is 14.8. The monoisotopic (exact) mass is 202 g/mol. The summed E-state index contributed by atoms with van der Waals surface area (Å²) in [7, 11) is 4.19.